The number of piperazine rings is 1. The predicted molar refractivity (Wildman–Crippen MR) is 119 cm³/mol. The van der Waals surface area contributed by atoms with Crippen molar-refractivity contribution in [1.29, 1.82) is 0 Å². The van der Waals surface area contributed by atoms with Gasteiger partial charge in [0.2, 0.25) is 0 Å². The van der Waals surface area contributed by atoms with E-state index in [0.717, 1.165) is 51.4 Å². The predicted octanol–water partition coefficient (Wildman–Crippen LogP) is 4.21. The number of pyridine rings is 1. The molecule has 1 amide bonds. The highest BCUT2D eigenvalue weighted by Crippen LogP contribution is 2.30. The van der Waals surface area contributed by atoms with Gasteiger partial charge in [-0.3, -0.25) is 14.6 Å². The highest BCUT2D eigenvalue weighted by atomic mass is 35.5. The van der Waals surface area contributed by atoms with E-state index in [0.29, 0.717) is 22.9 Å². The van der Waals surface area contributed by atoms with Gasteiger partial charge in [-0.05, 0) is 43.7 Å². The van der Waals surface area contributed by atoms with Crippen LogP contribution in [0.5, 0.6) is 5.75 Å². The van der Waals surface area contributed by atoms with Crippen LogP contribution in [-0.2, 0) is 0 Å². The van der Waals surface area contributed by atoms with Gasteiger partial charge in [0.15, 0.2) is 0 Å². The van der Waals surface area contributed by atoms with Gasteiger partial charge in [-0.2, -0.15) is 0 Å². The first kappa shape index (κ1) is 21.0. The Hall–Kier alpha value is -2.28. The molecule has 6 nitrogen and oxygen atoms in total. The fourth-order valence-corrected chi connectivity index (χ4v) is 4.11. The van der Waals surface area contributed by atoms with Crippen LogP contribution in [-0.4, -0.2) is 60.0 Å². The van der Waals surface area contributed by atoms with Crippen molar-refractivity contribution in [2.75, 3.05) is 44.2 Å². The lowest BCUT2D eigenvalue weighted by Crippen LogP contribution is -2.47. The Balaban J connectivity index is 1.24. The molecule has 1 aromatic heterocycles. The third-order valence-electron chi connectivity index (χ3n) is 5.41. The molecule has 1 saturated heterocycles. The van der Waals surface area contributed by atoms with Crippen molar-refractivity contribution in [3.8, 4) is 5.75 Å². The van der Waals surface area contributed by atoms with Crippen LogP contribution < -0.4 is 9.64 Å². The molecule has 0 unspecified atom stereocenters. The maximum absolute atomic E-state index is 12.9. The summed E-state index contributed by atoms with van der Waals surface area (Å²) in [6, 6.07) is 11.0. The third-order valence-corrected chi connectivity index (χ3v) is 5.94. The normalized spacial score (nSPS) is 17.3. The molecule has 0 spiro atoms. The number of carbonyl (C=O) groups is 1. The molecule has 8 heteroatoms. The minimum Gasteiger partial charge on any atom is -0.461 e. The van der Waals surface area contributed by atoms with Crippen LogP contribution >= 0.6 is 23.2 Å². The van der Waals surface area contributed by atoms with Gasteiger partial charge in [0.25, 0.3) is 5.91 Å². The van der Waals surface area contributed by atoms with E-state index in [4.69, 9.17) is 27.9 Å². The number of hydrogen-bond donors (Lipinski definition) is 0. The Kier molecular flexibility index (Phi) is 6.77. The van der Waals surface area contributed by atoms with E-state index in [1.807, 2.05) is 18.3 Å². The Morgan fingerprint density at radius 1 is 1.00 bits per heavy atom. The maximum atomic E-state index is 12.9. The van der Waals surface area contributed by atoms with Gasteiger partial charge < -0.3 is 9.64 Å². The molecule has 0 bridgehead atoms. The molecule has 0 radical (unpaired) electrons. The van der Waals surface area contributed by atoms with E-state index in [9.17, 15) is 4.79 Å². The van der Waals surface area contributed by atoms with Crippen LogP contribution in [0.2, 0.25) is 5.02 Å². The third kappa shape index (κ3) is 4.89. The number of ether oxygens (including phenoxy) is 1. The average molecular weight is 447 g/mol. The molecule has 0 atom stereocenters. The largest absolute Gasteiger partial charge is 0.461 e. The first-order chi connectivity index (χ1) is 14.6. The number of nitrogens with zero attached hydrogens (tertiary/aromatic N) is 4. The Morgan fingerprint density at radius 3 is 2.57 bits per heavy atom. The molecular weight excluding hydrogens is 423 g/mol. The molecular formula is C22H24Cl2N4O2. The smallest absolute Gasteiger partial charge is 0.262 e. The summed E-state index contributed by atoms with van der Waals surface area (Å²) in [5.74, 6) is 1.31. The van der Waals surface area contributed by atoms with Gasteiger partial charge in [-0.25, -0.2) is 4.98 Å². The van der Waals surface area contributed by atoms with E-state index in [-0.39, 0.29) is 11.1 Å². The molecule has 1 aromatic carbocycles. The Bertz CT molecular complexity index is 915. The minimum atomic E-state index is -0.163. The number of carbonyl (C=O) groups excluding carboxylic acids is 1. The van der Waals surface area contributed by atoms with Crippen molar-refractivity contribution in [3.05, 3.63) is 64.6 Å². The summed E-state index contributed by atoms with van der Waals surface area (Å²) in [5, 5.41) is 0.805. The number of amides is 1. The van der Waals surface area contributed by atoms with E-state index < -0.39 is 0 Å². The molecule has 0 aliphatic carbocycles. The zero-order chi connectivity index (χ0) is 20.9. The van der Waals surface area contributed by atoms with Crippen molar-refractivity contribution in [2.24, 2.45) is 0 Å². The summed E-state index contributed by atoms with van der Waals surface area (Å²) in [7, 11) is 0. The van der Waals surface area contributed by atoms with Crippen LogP contribution in [0, 0.1) is 0 Å². The maximum Gasteiger partial charge on any atom is 0.262 e. The first-order valence-electron chi connectivity index (χ1n) is 10.1. The summed E-state index contributed by atoms with van der Waals surface area (Å²) in [6.07, 6.45) is 5.09. The summed E-state index contributed by atoms with van der Waals surface area (Å²) in [6.45, 7) is 5.54. The van der Waals surface area contributed by atoms with Crippen molar-refractivity contribution >= 4 is 34.9 Å². The second kappa shape index (κ2) is 9.69. The number of fused-ring (bicyclic) bond motifs is 1. The van der Waals surface area contributed by atoms with Crippen LogP contribution in [0.3, 0.4) is 0 Å². The summed E-state index contributed by atoms with van der Waals surface area (Å²) in [5.41, 5.74) is 0.469. The van der Waals surface area contributed by atoms with E-state index in [1.54, 1.807) is 23.1 Å². The van der Waals surface area contributed by atoms with Gasteiger partial charge in [0.1, 0.15) is 23.0 Å². The minimum absolute atomic E-state index is 0.163. The lowest BCUT2D eigenvalue weighted by atomic mass is 10.1. The number of hydrogen-bond acceptors (Lipinski definition) is 5. The molecule has 30 heavy (non-hydrogen) atoms. The molecule has 0 saturated carbocycles. The van der Waals surface area contributed by atoms with Crippen LogP contribution in [0.1, 0.15) is 23.2 Å². The van der Waals surface area contributed by atoms with E-state index in [1.165, 1.54) is 6.26 Å². The van der Waals surface area contributed by atoms with E-state index in [2.05, 4.69) is 20.9 Å². The summed E-state index contributed by atoms with van der Waals surface area (Å²) >= 11 is 12.3. The Morgan fingerprint density at radius 2 is 1.80 bits per heavy atom. The zero-order valence-corrected chi connectivity index (χ0v) is 18.1. The van der Waals surface area contributed by atoms with Crippen molar-refractivity contribution < 1.29 is 9.53 Å². The fourth-order valence-electron chi connectivity index (χ4n) is 3.74. The first-order valence-corrected chi connectivity index (χ1v) is 10.9. The van der Waals surface area contributed by atoms with Gasteiger partial charge in [0, 0.05) is 50.0 Å². The number of halogens is 2. The van der Waals surface area contributed by atoms with Crippen LogP contribution in [0.25, 0.3) is 0 Å². The standard InChI is InChI=1S/C22H24Cl2N4O2/c23-17-6-7-18-19(15-17)30-16-20(24)28(22(18)29)10-4-3-9-26-11-13-27(14-12-26)21-5-1-2-8-25-21/h1-2,5-8,15-16H,3-4,9-14H2. The second-order valence-corrected chi connectivity index (χ2v) is 8.20. The molecule has 1 fully saturated rings. The quantitative estimate of drug-likeness (QED) is 0.491. The van der Waals surface area contributed by atoms with Gasteiger partial charge >= 0.3 is 0 Å². The van der Waals surface area contributed by atoms with Gasteiger partial charge in [0.05, 0.1) is 5.56 Å². The van der Waals surface area contributed by atoms with E-state index >= 15 is 0 Å². The number of anilines is 1. The van der Waals surface area contributed by atoms with Crippen molar-refractivity contribution in [3.63, 3.8) is 0 Å². The zero-order valence-electron chi connectivity index (χ0n) is 16.6. The molecule has 158 valence electrons. The average Bonchev–Trinajstić information content (AvgIpc) is 2.89. The van der Waals surface area contributed by atoms with Crippen LogP contribution in [0.15, 0.2) is 54.0 Å². The molecule has 0 N–H and O–H groups in total. The van der Waals surface area contributed by atoms with Gasteiger partial charge in [-0.15, -0.1) is 0 Å². The fraction of sp³-hybridized carbons (Fsp3) is 0.364. The lowest BCUT2D eigenvalue weighted by Gasteiger charge is -2.35. The molecule has 3 heterocycles. The lowest BCUT2D eigenvalue weighted by molar-refractivity contribution is 0.0814. The molecule has 2 aromatic rings. The number of rotatable bonds is 6. The highest BCUT2D eigenvalue weighted by Gasteiger charge is 2.25. The van der Waals surface area contributed by atoms with Crippen molar-refractivity contribution in [1.82, 2.24) is 14.8 Å². The second-order valence-electron chi connectivity index (χ2n) is 7.38. The number of unbranched alkanes of at least 4 members (excludes halogenated alkanes) is 1. The topological polar surface area (TPSA) is 48.9 Å². The number of aromatic nitrogens is 1. The summed E-state index contributed by atoms with van der Waals surface area (Å²) < 4.78 is 5.53. The monoisotopic (exact) mass is 446 g/mol. The highest BCUT2D eigenvalue weighted by molar-refractivity contribution is 6.31. The van der Waals surface area contributed by atoms with Gasteiger partial charge in [-0.1, -0.05) is 29.3 Å². The molecule has 4 rings (SSSR count). The molecule has 2 aliphatic heterocycles. The Labute approximate surface area is 186 Å². The SMILES string of the molecule is O=C1c2ccc(Cl)cc2OC=C(Cl)N1CCCCN1CCN(c2ccccn2)CC1. The van der Waals surface area contributed by atoms with Crippen LogP contribution in [0.4, 0.5) is 5.82 Å². The molecule has 2 aliphatic rings. The summed E-state index contributed by atoms with van der Waals surface area (Å²) in [4.78, 5) is 23.7. The number of benzene rings is 1. The van der Waals surface area contributed by atoms with Crippen molar-refractivity contribution in [2.45, 2.75) is 12.8 Å².